The van der Waals surface area contributed by atoms with Gasteiger partial charge in [-0.3, -0.25) is 19.1 Å². The lowest BCUT2D eigenvalue weighted by atomic mass is 9.93. The van der Waals surface area contributed by atoms with E-state index in [1.165, 1.54) is 6.07 Å². The molecule has 3 saturated carbocycles. The van der Waals surface area contributed by atoms with Gasteiger partial charge in [0.2, 0.25) is 34.1 Å². The van der Waals surface area contributed by atoms with Crippen molar-refractivity contribution in [1.82, 2.24) is 30.2 Å². The molecule has 4 N–H and O–H groups in total. The van der Waals surface area contributed by atoms with E-state index in [-0.39, 0.29) is 36.7 Å². The number of aromatic nitrogens is 2. The molecule has 6 rings (SSSR count). The fraction of sp³-hybridized carbons (Fsp3) is 0.647. The van der Waals surface area contributed by atoms with Crippen LogP contribution < -0.4 is 20.1 Å². The highest BCUT2D eigenvalue weighted by Crippen LogP contribution is 2.49. The molecule has 4 aliphatic rings. The topological polar surface area (TPSA) is 197 Å². The number of carboxylic acid groups (broad SMARTS) is 1. The lowest BCUT2D eigenvalue weighted by Crippen LogP contribution is -2.58. The lowest BCUT2D eigenvalue weighted by molar-refractivity contribution is -0.140. The molecule has 0 spiro atoms. The Morgan fingerprint density at radius 2 is 1.75 bits per heavy atom. The van der Waals surface area contributed by atoms with E-state index in [2.05, 4.69) is 15.3 Å². The summed E-state index contributed by atoms with van der Waals surface area (Å²) >= 11 is 0. The molecule has 5 atom stereocenters. The van der Waals surface area contributed by atoms with E-state index in [9.17, 15) is 36.4 Å². The van der Waals surface area contributed by atoms with Gasteiger partial charge in [0.1, 0.15) is 24.2 Å². The fourth-order valence-electron chi connectivity index (χ4n) is 7.12. The molecule has 53 heavy (non-hydrogen) atoms. The van der Waals surface area contributed by atoms with Gasteiger partial charge in [0.25, 0.3) is 11.8 Å². The summed E-state index contributed by atoms with van der Waals surface area (Å²) in [6, 6.07) is 4.74. The lowest BCUT2D eigenvalue weighted by Gasteiger charge is -2.29. The monoisotopic (exact) mass is 770 g/mol. The van der Waals surface area contributed by atoms with Crippen LogP contribution in [0.5, 0.6) is 5.88 Å². The number of sulfonamides is 1. The number of fused-ring (bicyclic) bond motifs is 1. The van der Waals surface area contributed by atoms with Gasteiger partial charge in [-0.25, -0.2) is 32.0 Å². The van der Waals surface area contributed by atoms with Crippen molar-refractivity contribution >= 4 is 44.9 Å². The number of nitrogens with one attached hydrogen (secondary N) is 3. The number of benzene rings is 1. The number of carbonyl (C=O) groups is 4. The van der Waals surface area contributed by atoms with Gasteiger partial charge in [0, 0.05) is 12.3 Å². The van der Waals surface area contributed by atoms with E-state index in [1.54, 1.807) is 25.1 Å². The highest BCUT2D eigenvalue weighted by molar-refractivity contribution is 7.91. The summed E-state index contributed by atoms with van der Waals surface area (Å²) in [5.41, 5.74) is -2.64. The number of rotatable bonds is 17. The average Bonchev–Trinajstić information content (AvgIpc) is 3.97. The number of nitrogens with zero attached hydrogens (tertiary/aromatic N) is 3. The van der Waals surface area contributed by atoms with E-state index in [1.807, 2.05) is 10.0 Å². The van der Waals surface area contributed by atoms with Gasteiger partial charge in [-0.15, -0.1) is 0 Å². The molecular weight excluding hydrogens is 728 g/mol. The number of amides is 4. The summed E-state index contributed by atoms with van der Waals surface area (Å²) in [7, 11) is -4.19. The fourth-order valence-corrected chi connectivity index (χ4v) is 8.48. The number of para-hydroxylation sites is 2. The van der Waals surface area contributed by atoms with Crippen LogP contribution in [-0.2, 0) is 30.3 Å². The Labute approximate surface area is 302 Å². The van der Waals surface area contributed by atoms with Crippen LogP contribution in [0.3, 0.4) is 0 Å². The molecule has 2 aromatic rings. The minimum atomic E-state index is -4.19. The smallest absolute Gasteiger partial charge is 0.405 e. The zero-order chi connectivity index (χ0) is 38.3. The van der Waals surface area contributed by atoms with Gasteiger partial charge in [0.15, 0.2) is 5.69 Å². The quantitative estimate of drug-likeness (QED) is 0.136. The van der Waals surface area contributed by atoms with Crippen LogP contribution in [0.2, 0.25) is 0 Å². The summed E-state index contributed by atoms with van der Waals surface area (Å²) in [4.78, 5) is 61.5. The minimum Gasteiger partial charge on any atom is -0.471 e. The highest BCUT2D eigenvalue weighted by atomic mass is 32.2. The third-order valence-corrected chi connectivity index (χ3v) is 12.3. The van der Waals surface area contributed by atoms with Gasteiger partial charge >= 0.3 is 6.09 Å². The number of carbonyl (C=O) groups excluding carboxylic acids is 3. The van der Waals surface area contributed by atoms with Gasteiger partial charge < -0.3 is 25.4 Å². The van der Waals surface area contributed by atoms with Crippen molar-refractivity contribution in [3.8, 4) is 5.88 Å². The number of likely N-dealkylation sites (tertiary alicyclic amines) is 1. The van der Waals surface area contributed by atoms with Crippen molar-refractivity contribution in [2.45, 2.75) is 106 Å². The molecule has 0 bridgehead atoms. The summed E-state index contributed by atoms with van der Waals surface area (Å²) < 4.78 is 93.0. The largest absolute Gasteiger partial charge is 0.471 e. The van der Waals surface area contributed by atoms with Crippen LogP contribution in [0.1, 0.15) is 76.8 Å². The van der Waals surface area contributed by atoms with Crippen molar-refractivity contribution in [3.05, 3.63) is 30.0 Å². The second-order valence-corrected chi connectivity index (χ2v) is 16.4. The van der Waals surface area contributed by atoms with Gasteiger partial charge in [-0.2, -0.15) is 8.78 Å². The second-order valence-electron chi connectivity index (χ2n) is 14.4. The van der Waals surface area contributed by atoms with Crippen LogP contribution in [0.25, 0.3) is 11.0 Å². The maximum absolute atomic E-state index is 15.9. The van der Waals surface area contributed by atoms with Crippen molar-refractivity contribution < 1.29 is 55.0 Å². The van der Waals surface area contributed by atoms with Crippen LogP contribution in [0, 0.1) is 17.8 Å². The van der Waals surface area contributed by atoms with Gasteiger partial charge in [-0.05, 0) is 50.2 Å². The molecule has 2 heterocycles. The van der Waals surface area contributed by atoms with E-state index in [4.69, 9.17) is 9.84 Å². The van der Waals surface area contributed by atoms with Gasteiger partial charge in [0.05, 0.1) is 28.7 Å². The predicted molar refractivity (Wildman–Crippen MR) is 179 cm³/mol. The molecule has 3 aliphatic carbocycles. The first-order valence-corrected chi connectivity index (χ1v) is 19.3. The number of ether oxygens (including phenoxy) is 1. The van der Waals surface area contributed by atoms with Crippen molar-refractivity contribution in [2.24, 2.45) is 17.8 Å². The Morgan fingerprint density at radius 3 is 2.34 bits per heavy atom. The molecule has 4 fully saturated rings. The van der Waals surface area contributed by atoms with E-state index < -0.39 is 118 Å². The number of hydrogen-bond acceptors (Lipinski definition) is 9. The molecule has 0 unspecified atom stereocenters. The number of hydrogen-bond donors (Lipinski definition) is 4. The first kappa shape index (κ1) is 38.4. The van der Waals surface area contributed by atoms with Crippen LogP contribution in [0.15, 0.2) is 24.3 Å². The Morgan fingerprint density at radius 1 is 1.08 bits per heavy atom. The summed E-state index contributed by atoms with van der Waals surface area (Å²) in [6.45, 7) is 0.355. The molecule has 4 amide bonds. The van der Waals surface area contributed by atoms with Crippen molar-refractivity contribution in [1.29, 1.82) is 0 Å². The summed E-state index contributed by atoms with van der Waals surface area (Å²) in [5.74, 6) is -9.59. The summed E-state index contributed by atoms with van der Waals surface area (Å²) in [6.07, 6.45) is -2.54. The molecule has 0 radical (unpaired) electrons. The van der Waals surface area contributed by atoms with Crippen LogP contribution in [0.4, 0.5) is 22.4 Å². The van der Waals surface area contributed by atoms with E-state index in [0.717, 1.165) is 24.2 Å². The standard InChI is InChI=1S/C34H42F4N6O8S/c1-2-20-24(52-30-27(40-22-8-3-4-9-23(22)41-30)34(37,38)14-6-5-7-18-10-11-18)17-44(25(45)16-39-32(48)49)26(20)29(46)42-33(15-21(33)28(35)36)31(47)43-53(50,51)19-12-13-19/h3-4,8-9,18-21,24,26,28,39H,2,5-7,10-17H2,1H3,(H,42,46)(H,43,47)(H,48,49)/t20-,21+,24+,26+,33-/m1/s1. The average molecular weight is 771 g/mol. The molecule has 1 aromatic heterocycles. The first-order valence-electron chi connectivity index (χ1n) is 17.8. The number of halogens is 4. The molecule has 290 valence electrons. The predicted octanol–water partition coefficient (Wildman–Crippen LogP) is 3.69. The van der Waals surface area contributed by atoms with Crippen LogP contribution >= 0.6 is 0 Å². The maximum Gasteiger partial charge on any atom is 0.405 e. The SMILES string of the molecule is CC[C@@H]1[C@@H](Oc2nc3ccccc3nc2C(F)(F)CCCCC2CC2)CN(C(=O)CNC(=O)O)[C@@H]1C(=O)N[C@]1(C(=O)NS(=O)(=O)C2CC2)C[C@H]1C(F)F. The summed E-state index contributed by atoms with van der Waals surface area (Å²) in [5, 5.41) is 12.5. The number of alkyl halides is 4. The minimum absolute atomic E-state index is 0.0559. The normalized spacial score (nSPS) is 25.7. The van der Waals surface area contributed by atoms with E-state index >= 15 is 8.78 Å². The molecule has 14 nitrogen and oxygen atoms in total. The van der Waals surface area contributed by atoms with Crippen LogP contribution in [-0.4, -0.2) is 94.7 Å². The van der Waals surface area contributed by atoms with Crippen molar-refractivity contribution in [3.63, 3.8) is 0 Å². The van der Waals surface area contributed by atoms with E-state index in [0.29, 0.717) is 12.3 Å². The molecule has 19 heteroatoms. The third kappa shape index (κ3) is 8.44. The highest BCUT2D eigenvalue weighted by Gasteiger charge is 2.67. The number of unbranched alkanes of at least 4 members (excludes halogenated alkanes) is 1. The Bertz CT molecular complexity index is 1860. The first-order chi connectivity index (χ1) is 25.1. The van der Waals surface area contributed by atoms with Crippen molar-refractivity contribution in [2.75, 3.05) is 13.1 Å². The zero-order valence-corrected chi connectivity index (χ0v) is 29.7. The Hall–Kier alpha value is -4.29. The Kier molecular flexibility index (Phi) is 10.8. The molecule has 1 aromatic carbocycles. The molecule has 1 aliphatic heterocycles. The third-order valence-electron chi connectivity index (χ3n) is 10.5. The molecule has 1 saturated heterocycles. The zero-order valence-electron chi connectivity index (χ0n) is 28.9. The maximum atomic E-state index is 15.9. The van der Waals surface area contributed by atoms with Gasteiger partial charge in [-0.1, -0.05) is 44.7 Å². The second kappa shape index (κ2) is 14.9. The Balaban J connectivity index is 1.29. The molecular formula is C34H42F4N6O8S.